The third-order valence-corrected chi connectivity index (χ3v) is 5.98. The minimum absolute atomic E-state index is 0.0381. The Morgan fingerprint density at radius 3 is 2.67 bits per heavy atom. The molecule has 0 bridgehead atoms. The molecular weight excluding hydrogens is 378 g/mol. The third kappa shape index (κ3) is 3.91. The van der Waals surface area contributed by atoms with E-state index >= 15 is 0 Å². The molecule has 0 aliphatic carbocycles. The van der Waals surface area contributed by atoms with Crippen molar-refractivity contribution in [1.29, 1.82) is 0 Å². The highest BCUT2D eigenvalue weighted by molar-refractivity contribution is 9.11. The van der Waals surface area contributed by atoms with Crippen LogP contribution in [0.1, 0.15) is 20.8 Å². The maximum Gasteiger partial charge on any atom is 0.335 e. The molecular formula is C13H12BrNO4S2. The van der Waals surface area contributed by atoms with Crippen LogP contribution in [0, 0.1) is 6.92 Å². The van der Waals surface area contributed by atoms with Crippen LogP contribution < -0.4 is 4.72 Å². The highest BCUT2D eigenvalue weighted by Crippen LogP contribution is 2.29. The van der Waals surface area contributed by atoms with E-state index in [0.29, 0.717) is 10.4 Å². The topological polar surface area (TPSA) is 83.5 Å². The van der Waals surface area contributed by atoms with Crippen molar-refractivity contribution in [3.63, 3.8) is 0 Å². The standard InChI is InChI=1S/C13H12BrNO4S2/c1-8-11(6-12(14)20-8)21(18,19)15-7-9-3-2-4-10(5-9)13(16)17/h2-6,15H,7H2,1H3,(H,16,17). The van der Waals surface area contributed by atoms with Gasteiger partial charge in [-0.05, 0) is 46.6 Å². The highest BCUT2D eigenvalue weighted by atomic mass is 79.9. The molecule has 5 nitrogen and oxygen atoms in total. The second kappa shape index (κ2) is 6.27. The molecule has 21 heavy (non-hydrogen) atoms. The number of rotatable bonds is 5. The first-order chi connectivity index (χ1) is 9.79. The van der Waals surface area contributed by atoms with Crippen molar-refractivity contribution in [2.24, 2.45) is 0 Å². The van der Waals surface area contributed by atoms with E-state index in [-0.39, 0.29) is 17.0 Å². The lowest BCUT2D eigenvalue weighted by molar-refractivity contribution is 0.0696. The fourth-order valence-corrected chi connectivity index (χ4v) is 5.20. The molecule has 8 heteroatoms. The maximum absolute atomic E-state index is 12.2. The quantitative estimate of drug-likeness (QED) is 0.822. The molecule has 1 aromatic heterocycles. The molecule has 112 valence electrons. The molecule has 2 aromatic rings. The van der Waals surface area contributed by atoms with Crippen molar-refractivity contribution in [2.75, 3.05) is 0 Å². The molecule has 0 aliphatic rings. The lowest BCUT2D eigenvalue weighted by atomic mass is 10.1. The predicted molar refractivity (Wildman–Crippen MR) is 84.2 cm³/mol. The second-order valence-corrected chi connectivity index (χ2v) is 8.67. The van der Waals surface area contributed by atoms with Gasteiger partial charge in [-0.25, -0.2) is 17.9 Å². The Bertz CT molecular complexity index is 783. The fraction of sp³-hybridized carbons (Fsp3) is 0.154. The van der Waals surface area contributed by atoms with E-state index in [1.54, 1.807) is 25.1 Å². The van der Waals surface area contributed by atoms with E-state index in [2.05, 4.69) is 20.7 Å². The van der Waals surface area contributed by atoms with Gasteiger partial charge in [0.15, 0.2) is 0 Å². The summed E-state index contributed by atoms with van der Waals surface area (Å²) in [7, 11) is -3.62. The Balaban J connectivity index is 2.17. The van der Waals surface area contributed by atoms with Gasteiger partial charge < -0.3 is 5.11 Å². The maximum atomic E-state index is 12.2. The average Bonchev–Trinajstić information content (AvgIpc) is 2.77. The number of nitrogens with one attached hydrogen (secondary N) is 1. The van der Waals surface area contributed by atoms with E-state index in [4.69, 9.17) is 5.11 Å². The van der Waals surface area contributed by atoms with Crippen molar-refractivity contribution in [2.45, 2.75) is 18.4 Å². The Labute approximate surface area is 134 Å². The fourth-order valence-electron chi connectivity index (χ4n) is 1.77. The summed E-state index contributed by atoms with van der Waals surface area (Å²) in [5.41, 5.74) is 0.714. The average molecular weight is 390 g/mol. The van der Waals surface area contributed by atoms with Gasteiger partial charge in [0.05, 0.1) is 14.2 Å². The molecule has 0 spiro atoms. The summed E-state index contributed by atoms with van der Waals surface area (Å²) >= 11 is 4.60. The zero-order valence-electron chi connectivity index (χ0n) is 11.0. The summed E-state index contributed by atoms with van der Waals surface area (Å²) in [6, 6.07) is 7.71. The minimum Gasteiger partial charge on any atom is -0.478 e. The first kappa shape index (κ1) is 16.2. The molecule has 0 radical (unpaired) electrons. The zero-order chi connectivity index (χ0) is 15.6. The second-order valence-electron chi connectivity index (χ2n) is 4.30. The molecule has 2 rings (SSSR count). The SMILES string of the molecule is Cc1sc(Br)cc1S(=O)(=O)NCc1cccc(C(=O)O)c1. The van der Waals surface area contributed by atoms with Crippen LogP contribution in [-0.2, 0) is 16.6 Å². The van der Waals surface area contributed by atoms with Crippen LogP contribution in [0.4, 0.5) is 0 Å². The smallest absolute Gasteiger partial charge is 0.335 e. The summed E-state index contributed by atoms with van der Waals surface area (Å²) in [4.78, 5) is 11.8. The molecule has 0 saturated carbocycles. The minimum atomic E-state index is -3.62. The largest absolute Gasteiger partial charge is 0.478 e. The Kier molecular flexibility index (Phi) is 4.82. The van der Waals surface area contributed by atoms with Crippen LogP contribution >= 0.6 is 27.3 Å². The van der Waals surface area contributed by atoms with E-state index in [1.807, 2.05) is 0 Å². The molecule has 2 N–H and O–H groups in total. The number of hydrogen-bond acceptors (Lipinski definition) is 4. The van der Waals surface area contributed by atoms with Crippen LogP contribution in [0.25, 0.3) is 0 Å². The summed E-state index contributed by atoms with van der Waals surface area (Å²) in [6.45, 7) is 1.77. The number of carboxylic acid groups (broad SMARTS) is 1. The van der Waals surface area contributed by atoms with Crippen molar-refractivity contribution >= 4 is 43.3 Å². The normalized spacial score (nSPS) is 11.5. The van der Waals surface area contributed by atoms with Crippen molar-refractivity contribution in [1.82, 2.24) is 4.72 Å². The number of benzene rings is 1. The van der Waals surface area contributed by atoms with Crippen LogP contribution in [0.5, 0.6) is 0 Å². The summed E-state index contributed by atoms with van der Waals surface area (Å²) < 4.78 is 27.7. The van der Waals surface area contributed by atoms with E-state index < -0.39 is 16.0 Å². The van der Waals surface area contributed by atoms with Crippen LogP contribution in [0.15, 0.2) is 39.0 Å². The van der Waals surface area contributed by atoms with Gasteiger partial charge in [0.25, 0.3) is 0 Å². The summed E-state index contributed by atoms with van der Waals surface area (Å²) in [6.07, 6.45) is 0. The van der Waals surface area contributed by atoms with Gasteiger partial charge in [-0.2, -0.15) is 0 Å². The first-order valence-corrected chi connectivity index (χ1v) is 8.97. The molecule has 1 aromatic carbocycles. The number of sulfonamides is 1. The van der Waals surface area contributed by atoms with Crippen molar-refractivity contribution in [3.05, 3.63) is 50.1 Å². The lowest BCUT2D eigenvalue weighted by Gasteiger charge is -2.07. The lowest BCUT2D eigenvalue weighted by Crippen LogP contribution is -2.23. The number of thiophene rings is 1. The molecule has 0 unspecified atom stereocenters. The Hall–Kier alpha value is -1.22. The molecule has 0 aliphatic heterocycles. The number of carboxylic acids is 1. The number of halogens is 1. The van der Waals surface area contributed by atoms with Gasteiger partial charge in [-0.1, -0.05) is 12.1 Å². The number of aromatic carboxylic acids is 1. The first-order valence-electron chi connectivity index (χ1n) is 5.87. The number of aryl methyl sites for hydroxylation is 1. The molecule has 1 heterocycles. The van der Waals surface area contributed by atoms with Gasteiger partial charge in [0, 0.05) is 11.4 Å². The van der Waals surface area contributed by atoms with Crippen molar-refractivity contribution < 1.29 is 18.3 Å². The van der Waals surface area contributed by atoms with Crippen LogP contribution in [0.3, 0.4) is 0 Å². The highest BCUT2D eigenvalue weighted by Gasteiger charge is 2.19. The molecule has 0 atom stereocenters. The Morgan fingerprint density at radius 2 is 2.10 bits per heavy atom. The molecule has 0 saturated heterocycles. The van der Waals surface area contributed by atoms with Gasteiger partial charge >= 0.3 is 5.97 Å². The van der Waals surface area contributed by atoms with Gasteiger partial charge in [0.1, 0.15) is 0 Å². The monoisotopic (exact) mass is 389 g/mol. The predicted octanol–water partition coefficient (Wildman–Crippen LogP) is 3.00. The van der Waals surface area contributed by atoms with Crippen molar-refractivity contribution in [3.8, 4) is 0 Å². The number of hydrogen-bond donors (Lipinski definition) is 2. The van der Waals surface area contributed by atoms with E-state index in [9.17, 15) is 13.2 Å². The Morgan fingerprint density at radius 1 is 1.38 bits per heavy atom. The molecule has 0 fully saturated rings. The van der Waals surface area contributed by atoms with Gasteiger partial charge in [0.2, 0.25) is 10.0 Å². The van der Waals surface area contributed by atoms with E-state index in [0.717, 1.165) is 3.79 Å². The van der Waals surface area contributed by atoms with Gasteiger partial charge in [-0.15, -0.1) is 11.3 Å². The third-order valence-electron chi connectivity index (χ3n) is 2.77. The van der Waals surface area contributed by atoms with Crippen LogP contribution in [0.2, 0.25) is 0 Å². The van der Waals surface area contributed by atoms with E-state index in [1.165, 1.54) is 23.5 Å². The van der Waals surface area contributed by atoms with Crippen LogP contribution in [-0.4, -0.2) is 19.5 Å². The molecule has 0 amide bonds. The summed E-state index contributed by atoms with van der Waals surface area (Å²) in [5, 5.41) is 8.91. The van der Waals surface area contributed by atoms with Gasteiger partial charge in [-0.3, -0.25) is 0 Å². The summed E-state index contributed by atoms with van der Waals surface area (Å²) in [5.74, 6) is -1.04. The zero-order valence-corrected chi connectivity index (χ0v) is 14.2. The number of carbonyl (C=O) groups is 1.